The number of rotatable bonds is 7. The van der Waals surface area contributed by atoms with Crippen LogP contribution in [0.15, 0.2) is 0 Å². The van der Waals surface area contributed by atoms with Crippen molar-refractivity contribution in [1.82, 2.24) is 10.2 Å². The van der Waals surface area contributed by atoms with Crippen LogP contribution in [0.4, 0.5) is 0 Å². The van der Waals surface area contributed by atoms with E-state index in [1.807, 2.05) is 0 Å². The van der Waals surface area contributed by atoms with Gasteiger partial charge in [0.25, 0.3) is 0 Å². The van der Waals surface area contributed by atoms with E-state index in [1.54, 1.807) is 7.11 Å². The lowest BCUT2D eigenvalue weighted by molar-refractivity contribution is 0.0786. The maximum absolute atomic E-state index is 5.28. The van der Waals surface area contributed by atoms with E-state index in [0.717, 1.165) is 13.2 Å². The Morgan fingerprint density at radius 2 is 1.84 bits per heavy atom. The van der Waals surface area contributed by atoms with Crippen molar-refractivity contribution in [1.29, 1.82) is 0 Å². The Kier molecular flexibility index (Phi) is 6.28. The fourth-order valence-electron chi connectivity index (χ4n) is 3.02. The van der Waals surface area contributed by atoms with Gasteiger partial charge in [0, 0.05) is 31.8 Å². The predicted molar refractivity (Wildman–Crippen MR) is 82.6 cm³/mol. The zero-order chi connectivity index (χ0) is 14.5. The fraction of sp³-hybridized carbons (Fsp3) is 1.00. The molecule has 19 heavy (non-hydrogen) atoms. The highest BCUT2D eigenvalue weighted by Gasteiger charge is 2.36. The van der Waals surface area contributed by atoms with Crippen LogP contribution in [0.5, 0.6) is 0 Å². The van der Waals surface area contributed by atoms with Crippen molar-refractivity contribution in [2.75, 3.05) is 33.9 Å². The number of nitrogens with zero attached hydrogens (tertiary/aromatic N) is 1. The van der Waals surface area contributed by atoms with E-state index >= 15 is 0 Å². The summed E-state index contributed by atoms with van der Waals surface area (Å²) in [6, 6.07) is 0.497. The van der Waals surface area contributed by atoms with E-state index in [1.165, 1.54) is 32.2 Å². The normalized spacial score (nSPS) is 21.0. The van der Waals surface area contributed by atoms with E-state index in [2.05, 4.69) is 45.0 Å². The molecule has 0 spiro atoms. The molecule has 0 bridgehead atoms. The highest BCUT2D eigenvalue weighted by Crippen LogP contribution is 2.38. The van der Waals surface area contributed by atoms with Crippen molar-refractivity contribution in [2.24, 2.45) is 5.41 Å². The third-order valence-corrected chi connectivity index (χ3v) is 4.40. The molecule has 1 rings (SSSR count). The summed E-state index contributed by atoms with van der Waals surface area (Å²) >= 11 is 0. The first-order valence-electron chi connectivity index (χ1n) is 7.72. The van der Waals surface area contributed by atoms with Crippen molar-refractivity contribution in [3.05, 3.63) is 0 Å². The summed E-state index contributed by atoms with van der Waals surface area (Å²) in [5, 5.41) is 3.72. The molecule has 0 heterocycles. The Labute approximate surface area is 120 Å². The molecule has 0 saturated heterocycles. The molecular formula is C16H34N2O. The maximum atomic E-state index is 5.28. The van der Waals surface area contributed by atoms with Gasteiger partial charge in [-0.05, 0) is 53.0 Å². The molecule has 0 aromatic heterocycles. The smallest absolute Gasteiger partial charge is 0.0615 e. The minimum atomic E-state index is 0.215. The number of likely N-dealkylation sites (N-methyl/N-ethyl adjacent to an activating group) is 1. The zero-order valence-corrected chi connectivity index (χ0v) is 13.9. The Morgan fingerprint density at radius 1 is 1.26 bits per heavy atom. The average Bonchev–Trinajstić information content (AvgIpc) is 2.75. The van der Waals surface area contributed by atoms with Gasteiger partial charge in [-0.15, -0.1) is 0 Å². The highest BCUT2D eigenvalue weighted by atomic mass is 16.5. The van der Waals surface area contributed by atoms with Gasteiger partial charge < -0.3 is 15.0 Å². The number of methoxy groups -OCH3 is 1. The van der Waals surface area contributed by atoms with Gasteiger partial charge in [0.05, 0.1) is 6.61 Å². The zero-order valence-electron chi connectivity index (χ0n) is 13.9. The van der Waals surface area contributed by atoms with Gasteiger partial charge in [-0.3, -0.25) is 0 Å². The van der Waals surface area contributed by atoms with E-state index in [9.17, 15) is 0 Å². The summed E-state index contributed by atoms with van der Waals surface area (Å²) in [6.07, 6.45) is 5.50. The lowest BCUT2D eigenvalue weighted by atomic mass is 9.84. The van der Waals surface area contributed by atoms with Crippen LogP contribution in [-0.2, 0) is 4.74 Å². The Bertz CT molecular complexity index is 254. The van der Waals surface area contributed by atoms with Gasteiger partial charge in [0.2, 0.25) is 0 Å². The van der Waals surface area contributed by atoms with Crippen molar-refractivity contribution >= 4 is 0 Å². The van der Waals surface area contributed by atoms with E-state index < -0.39 is 0 Å². The summed E-state index contributed by atoms with van der Waals surface area (Å²) in [5.74, 6) is 0. The van der Waals surface area contributed by atoms with Crippen LogP contribution in [0, 0.1) is 5.41 Å². The Morgan fingerprint density at radius 3 is 2.32 bits per heavy atom. The second-order valence-corrected chi connectivity index (χ2v) is 7.53. The lowest BCUT2D eigenvalue weighted by Crippen LogP contribution is -2.49. The van der Waals surface area contributed by atoms with Crippen LogP contribution in [0.3, 0.4) is 0 Å². The Balaban J connectivity index is 2.56. The van der Waals surface area contributed by atoms with E-state index in [-0.39, 0.29) is 5.54 Å². The van der Waals surface area contributed by atoms with Crippen molar-refractivity contribution in [3.8, 4) is 0 Å². The van der Waals surface area contributed by atoms with Gasteiger partial charge in [0.1, 0.15) is 0 Å². The van der Waals surface area contributed by atoms with Gasteiger partial charge in [-0.1, -0.05) is 12.8 Å². The SMILES string of the molecule is COCC(C)N(C)CC1(CNC(C)(C)C)CCCC1. The van der Waals surface area contributed by atoms with Crippen molar-refractivity contribution in [3.63, 3.8) is 0 Å². The lowest BCUT2D eigenvalue weighted by Gasteiger charge is -2.38. The molecule has 1 fully saturated rings. The van der Waals surface area contributed by atoms with Gasteiger partial charge in [-0.2, -0.15) is 0 Å². The molecule has 0 radical (unpaired) electrons. The molecule has 0 aromatic carbocycles. The van der Waals surface area contributed by atoms with Crippen molar-refractivity contribution < 1.29 is 4.74 Å². The molecule has 1 unspecified atom stereocenters. The average molecular weight is 270 g/mol. The third kappa shape index (κ3) is 5.80. The van der Waals surface area contributed by atoms with Crippen LogP contribution in [0.2, 0.25) is 0 Å². The minimum absolute atomic E-state index is 0.215. The molecular weight excluding hydrogens is 236 g/mol. The molecule has 0 aromatic rings. The molecule has 1 atom stereocenters. The standard InChI is InChI=1S/C16H34N2O/c1-14(11-19-6)18(5)13-16(9-7-8-10-16)12-17-15(2,3)4/h14,17H,7-13H2,1-6H3. The molecule has 114 valence electrons. The molecule has 1 saturated carbocycles. The first-order chi connectivity index (χ1) is 8.78. The monoisotopic (exact) mass is 270 g/mol. The second kappa shape index (κ2) is 7.05. The molecule has 1 N–H and O–H groups in total. The topological polar surface area (TPSA) is 24.5 Å². The van der Waals surface area contributed by atoms with Gasteiger partial charge in [0.15, 0.2) is 0 Å². The minimum Gasteiger partial charge on any atom is -0.383 e. The molecule has 1 aliphatic carbocycles. The molecule has 0 aliphatic heterocycles. The highest BCUT2D eigenvalue weighted by molar-refractivity contribution is 4.91. The number of hydrogen-bond donors (Lipinski definition) is 1. The van der Waals surface area contributed by atoms with Crippen LogP contribution < -0.4 is 5.32 Å². The van der Waals surface area contributed by atoms with Crippen molar-refractivity contribution in [2.45, 2.75) is 65.0 Å². The van der Waals surface area contributed by atoms with Crippen LogP contribution in [0.25, 0.3) is 0 Å². The quantitative estimate of drug-likeness (QED) is 0.770. The van der Waals surface area contributed by atoms with Crippen LogP contribution in [0.1, 0.15) is 53.4 Å². The van der Waals surface area contributed by atoms with Crippen LogP contribution >= 0.6 is 0 Å². The summed E-state index contributed by atoms with van der Waals surface area (Å²) in [7, 11) is 4.03. The number of hydrogen-bond acceptors (Lipinski definition) is 3. The first kappa shape index (κ1) is 16.9. The fourth-order valence-corrected chi connectivity index (χ4v) is 3.02. The van der Waals surface area contributed by atoms with E-state index in [0.29, 0.717) is 11.5 Å². The van der Waals surface area contributed by atoms with E-state index in [4.69, 9.17) is 4.74 Å². The summed E-state index contributed by atoms with van der Waals surface area (Å²) in [6.45, 7) is 12.2. The maximum Gasteiger partial charge on any atom is 0.0615 e. The molecule has 0 amide bonds. The summed E-state index contributed by atoms with van der Waals surface area (Å²) < 4.78 is 5.28. The largest absolute Gasteiger partial charge is 0.383 e. The summed E-state index contributed by atoms with van der Waals surface area (Å²) in [4.78, 5) is 2.47. The van der Waals surface area contributed by atoms with Gasteiger partial charge >= 0.3 is 0 Å². The predicted octanol–water partition coefficient (Wildman–Crippen LogP) is 2.90. The molecule has 1 aliphatic rings. The summed E-state index contributed by atoms with van der Waals surface area (Å²) in [5.41, 5.74) is 0.677. The third-order valence-electron chi connectivity index (χ3n) is 4.40. The van der Waals surface area contributed by atoms with Crippen LogP contribution in [-0.4, -0.2) is 50.3 Å². The molecule has 3 heteroatoms. The second-order valence-electron chi connectivity index (χ2n) is 7.53. The van der Waals surface area contributed by atoms with Gasteiger partial charge in [-0.25, -0.2) is 0 Å². The number of nitrogens with one attached hydrogen (secondary N) is 1. The first-order valence-corrected chi connectivity index (χ1v) is 7.72. The molecule has 3 nitrogen and oxygen atoms in total. The number of ether oxygens (including phenoxy) is 1. The Hall–Kier alpha value is -0.120.